The molecule has 3 heterocycles. The van der Waals surface area contributed by atoms with Crippen LogP contribution in [0, 0.1) is 0 Å². The minimum atomic E-state index is -0.256. The molecule has 1 aromatic carbocycles. The summed E-state index contributed by atoms with van der Waals surface area (Å²) >= 11 is 0. The summed E-state index contributed by atoms with van der Waals surface area (Å²) in [5, 5.41) is 3.84. The predicted molar refractivity (Wildman–Crippen MR) is 92.2 cm³/mol. The van der Waals surface area contributed by atoms with Gasteiger partial charge in [0.1, 0.15) is 11.3 Å². The zero-order valence-electron chi connectivity index (χ0n) is 13.5. The van der Waals surface area contributed by atoms with Crippen LogP contribution >= 0.6 is 0 Å². The first-order chi connectivity index (χ1) is 12.2. The summed E-state index contributed by atoms with van der Waals surface area (Å²) in [6.45, 7) is 1.07. The highest BCUT2D eigenvalue weighted by Crippen LogP contribution is 2.19. The van der Waals surface area contributed by atoms with Crippen LogP contribution in [0.5, 0.6) is 0 Å². The fourth-order valence-electron chi connectivity index (χ4n) is 3.06. The van der Waals surface area contributed by atoms with Crippen LogP contribution in [0.4, 0.5) is 0 Å². The first-order valence-electron chi connectivity index (χ1n) is 8.20. The molecule has 1 fully saturated rings. The molecule has 6 nitrogen and oxygen atoms in total. The van der Waals surface area contributed by atoms with Crippen molar-refractivity contribution in [1.82, 2.24) is 15.2 Å². The second-order valence-corrected chi connectivity index (χ2v) is 6.07. The Labute approximate surface area is 144 Å². The molecule has 6 heteroatoms. The van der Waals surface area contributed by atoms with Crippen LogP contribution in [0.15, 0.2) is 59.1 Å². The van der Waals surface area contributed by atoms with E-state index in [2.05, 4.69) is 10.3 Å². The lowest BCUT2D eigenvalue weighted by molar-refractivity contribution is 0.0776. The van der Waals surface area contributed by atoms with Crippen molar-refractivity contribution in [1.29, 1.82) is 0 Å². The number of amides is 2. The topological polar surface area (TPSA) is 75.4 Å². The Morgan fingerprint density at radius 1 is 1.16 bits per heavy atom. The number of benzene rings is 1. The second kappa shape index (κ2) is 6.39. The number of carbonyl (C=O) groups is 2. The van der Waals surface area contributed by atoms with E-state index in [-0.39, 0.29) is 23.6 Å². The van der Waals surface area contributed by atoms with Gasteiger partial charge >= 0.3 is 0 Å². The molecule has 0 bridgehead atoms. The zero-order chi connectivity index (χ0) is 17.2. The van der Waals surface area contributed by atoms with E-state index < -0.39 is 0 Å². The number of hydrogen-bond donors (Lipinski definition) is 1. The van der Waals surface area contributed by atoms with Crippen LogP contribution in [-0.4, -0.2) is 40.8 Å². The fraction of sp³-hybridized carbons (Fsp3) is 0.211. The van der Waals surface area contributed by atoms with Crippen LogP contribution in [-0.2, 0) is 0 Å². The lowest BCUT2D eigenvalue weighted by Crippen LogP contribution is -2.38. The van der Waals surface area contributed by atoms with E-state index in [4.69, 9.17) is 4.42 Å². The summed E-state index contributed by atoms with van der Waals surface area (Å²) in [5.74, 6) is -0.0786. The molecule has 2 aromatic heterocycles. The van der Waals surface area contributed by atoms with Crippen molar-refractivity contribution < 1.29 is 14.0 Å². The second-order valence-electron chi connectivity index (χ2n) is 6.07. The van der Waals surface area contributed by atoms with Gasteiger partial charge < -0.3 is 14.6 Å². The van der Waals surface area contributed by atoms with Crippen LogP contribution in [0.25, 0.3) is 11.0 Å². The highest BCUT2D eigenvalue weighted by molar-refractivity contribution is 5.96. The standard InChI is InChI=1S/C19H17N3O3/c23-18(17-11-13-5-1-2-7-16(13)25-17)21-14-8-10-22(12-14)19(24)15-6-3-4-9-20-15/h1-7,9,11,14H,8,10,12H2,(H,21,23)/t14-/m1/s1. The normalized spacial score (nSPS) is 17.0. The van der Waals surface area contributed by atoms with Crippen molar-refractivity contribution in [3.05, 3.63) is 66.2 Å². The number of para-hydroxylation sites is 1. The molecule has 1 N–H and O–H groups in total. The number of nitrogens with one attached hydrogen (secondary N) is 1. The Balaban J connectivity index is 1.40. The van der Waals surface area contributed by atoms with Crippen molar-refractivity contribution in [2.75, 3.05) is 13.1 Å². The maximum absolute atomic E-state index is 12.4. The molecule has 3 aromatic rings. The quantitative estimate of drug-likeness (QED) is 0.798. The van der Waals surface area contributed by atoms with Gasteiger partial charge in [-0.3, -0.25) is 14.6 Å². The summed E-state index contributed by atoms with van der Waals surface area (Å²) in [5.41, 5.74) is 1.11. The summed E-state index contributed by atoms with van der Waals surface area (Å²) in [6.07, 6.45) is 2.31. The smallest absolute Gasteiger partial charge is 0.287 e. The van der Waals surface area contributed by atoms with Crippen molar-refractivity contribution in [3.8, 4) is 0 Å². The minimum absolute atomic E-state index is 0.0895. The molecule has 4 rings (SSSR count). The molecule has 126 valence electrons. The maximum atomic E-state index is 12.4. The Morgan fingerprint density at radius 2 is 2.00 bits per heavy atom. The largest absolute Gasteiger partial charge is 0.451 e. The summed E-state index contributed by atoms with van der Waals surface area (Å²) in [4.78, 5) is 30.6. The van der Waals surface area contributed by atoms with Crippen LogP contribution in [0.3, 0.4) is 0 Å². The average molecular weight is 335 g/mol. The number of hydrogen-bond acceptors (Lipinski definition) is 4. The fourth-order valence-corrected chi connectivity index (χ4v) is 3.06. The molecule has 1 saturated heterocycles. The molecule has 0 spiro atoms. The third-order valence-electron chi connectivity index (χ3n) is 4.34. The molecule has 1 aliphatic rings. The first kappa shape index (κ1) is 15.4. The number of fused-ring (bicyclic) bond motifs is 1. The Bertz CT molecular complexity index is 887. The number of pyridine rings is 1. The van der Waals surface area contributed by atoms with Gasteiger partial charge in [0.2, 0.25) is 0 Å². The van der Waals surface area contributed by atoms with E-state index >= 15 is 0 Å². The minimum Gasteiger partial charge on any atom is -0.451 e. The van der Waals surface area contributed by atoms with Crippen LogP contribution < -0.4 is 5.32 Å². The first-order valence-corrected chi connectivity index (χ1v) is 8.20. The number of carbonyl (C=O) groups excluding carboxylic acids is 2. The van der Waals surface area contributed by atoms with Crippen molar-refractivity contribution >= 4 is 22.8 Å². The number of rotatable bonds is 3. The number of aromatic nitrogens is 1. The molecule has 2 amide bonds. The van der Waals surface area contributed by atoms with E-state index in [1.807, 2.05) is 24.3 Å². The Morgan fingerprint density at radius 3 is 2.80 bits per heavy atom. The van der Waals surface area contributed by atoms with E-state index in [0.29, 0.717) is 30.8 Å². The molecule has 25 heavy (non-hydrogen) atoms. The summed E-state index contributed by atoms with van der Waals surface area (Å²) < 4.78 is 5.58. The van der Waals surface area contributed by atoms with E-state index in [1.54, 1.807) is 35.4 Å². The van der Waals surface area contributed by atoms with Crippen LogP contribution in [0.2, 0.25) is 0 Å². The maximum Gasteiger partial charge on any atom is 0.287 e. The van der Waals surface area contributed by atoms with Gasteiger partial charge in [0.05, 0.1) is 0 Å². The summed E-state index contributed by atoms with van der Waals surface area (Å²) in [6, 6.07) is 14.4. The molecule has 1 atom stereocenters. The third kappa shape index (κ3) is 3.10. The molecule has 1 aliphatic heterocycles. The molecular weight excluding hydrogens is 318 g/mol. The monoisotopic (exact) mass is 335 g/mol. The molecular formula is C19H17N3O3. The SMILES string of the molecule is O=C(N[C@@H]1CCN(C(=O)c2ccccn2)C1)c1cc2ccccc2o1. The van der Waals surface area contributed by atoms with Crippen molar-refractivity contribution in [2.45, 2.75) is 12.5 Å². The van der Waals surface area contributed by atoms with Crippen molar-refractivity contribution in [3.63, 3.8) is 0 Å². The summed E-state index contributed by atoms with van der Waals surface area (Å²) in [7, 11) is 0. The van der Waals surface area contributed by atoms with Gasteiger partial charge in [-0.05, 0) is 30.7 Å². The van der Waals surface area contributed by atoms with E-state index in [9.17, 15) is 9.59 Å². The highest BCUT2D eigenvalue weighted by Gasteiger charge is 2.29. The van der Waals surface area contributed by atoms with Gasteiger partial charge in [0.15, 0.2) is 5.76 Å². The number of likely N-dealkylation sites (tertiary alicyclic amines) is 1. The number of nitrogens with zero attached hydrogens (tertiary/aromatic N) is 2. The van der Waals surface area contributed by atoms with Crippen molar-refractivity contribution in [2.24, 2.45) is 0 Å². The van der Waals surface area contributed by atoms with Gasteiger partial charge in [-0.1, -0.05) is 24.3 Å². The van der Waals surface area contributed by atoms with E-state index in [0.717, 1.165) is 5.39 Å². The number of furan rings is 1. The van der Waals surface area contributed by atoms with Crippen LogP contribution in [0.1, 0.15) is 27.5 Å². The molecule has 0 unspecified atom stereocenters. The lowest BCUT2D eigenvalue weighted by atomic mass is 10.2. The Hall–Kier alpha value is -3.15. The average Bonchev–Trinajstić information content (AvgIpc) is 3.28. The van der Waals surface area contributed by atoms with Gasteiger partial charge in [-0.25, -0.2) is 0 Å². The van der Waals surface area contributed by atoms with E-state index in [1.165, 1.54) is 0 Å². The molecule has 0 saturated carbocycles. The predicted octanol–water partition coefficient (Wildman–Crippen LogP) is 2.47. The van der Waals surface area contributed by atoms with Gasteiger partial charge in [0, 0.05) is 30.7 Å². The van der Waals surface area contributed by atoms with Gasteiger partial charge in [-0.15, -0.1) is 0 Å². The lowest BCUT2D eigenvalue weighted by Gasteiger charge is -2.16. The van der Waals surface area contributed by atoms with Gasteiger partial charge in [0.25, 0.3) is 11.8 Å². The zero-order valence-corrected chi connectivity index (χ0v) is 13.5. The Kier molecular flexibility index (Phi) is 3.93. The molecule has 0 aliphatic carbocycles. The third-order valence-corrected chi connectivity index (χ3v) is 4.34. The highest BCUT2D eigenvalue weighted by atomic mass is 16.3. The molecule has 0 radical (unpaired) electrons. The van der Waals surface area contributed by atoms with Gasteiger partial charge in [-0.2, -0.15) is 0 Å².